The van der Waals surface area contributed by atoms with Gasteiger partial charge in [0.25, 0.3) is 0 Å². The first kappa shape index (κ1) is 26.1. The summed E-state index contributed by atoms with van der Waals surface area (Å²) in [6.45, 7) is 9.64. The van der Waals surface area contributed by atoms with Crippen molar-refractivity contribution in [1.29, 1.82) is 0 Å². The lowest BCUT2D eigenvalue weighted by atomic mass is 10.0. The summed E-state index contributed by atoms with van der Waals surface area (Å²) in [6.07, 6.45) is 10.6. The maximum absolute atomic E-state index is 5.47. The highest BCUT2D eigenvalue weighted by Gasteiger charge is 2.30. The maximum Gasteiger partial charge on any atom is 0.320 e. The van der Waals surface area contributed by atoms with Crippen LogP contribution in [0.15, 0.2) is 0 Å². The van der Waals surface area contributed by atoms with Gasteiger partial charge in [-0.3, -0.25) is 0 Å². The van der Waals surface area contributed by atoms with Crippen molar-refractivity contribution in [3.63, 3.8) is 0 Å². The maximum atomic E-state index is 5.47. The molecule has 0 aliphatic heterocycles. The first-order valence-electron chi connectivity index (χ1n) is 9.47. The van der Waals surface area contributed by atoms with E-state index in [9.17, 15) is 0 Å². The third kappa shape index (κ3) is 11.1. The van der Waals surface area contributed by atoms with Crippen molar-refractivity contribution in [2.75, 3.05) is 34.4 Å². The van der Waals surface area contributed by atoms with Gasteiger partial charge in [-0.25, -0.2) is 0 Å². The summed E-state index contributed by atoms with van der Waals surface area (Å²) < 4.78 is 12.2. The van der Waals surface area contributed by atoms with Crippen LogP contribution < -0.4 is 24.0 Å². The Balaban J connectivity index is 0. The van der Waals surface area contributed by atoms with E-state index in [4.69, 9.17) is 8.85 Å². The van der Waals surface area contributed by atoms with Gasteiger partial charge in [-0.05, 0) is 38.1 Å². The molecule has 0 aliphatic rings. The number of quaternary nitrogens is 1. The number of hydrogen-bond acceptors (Lipinski definition) is 2. The lowest BCUT2D eigenvalue weighted by molar-refractivity contribution is -0.934. The molecule has 0 N–H and O–H groups in total. The Labute approximate surface area is 165 Å². The number of unbranched alkanes of at least 4 members (excludes halogenated alkanes) is 2. The first-order valence-corrected chi connectivity index (χ1v) is 11.2. The van der Waals surface area contributed by atoms with E-state index >= 15 is 0 Å². The van der Waals surface area contributed by atoms with Gasteiger partial charge in [0, 0.05) is 14.2 Å². The molecule has 0 bridgehead atoms. The van der Waals surface area contributed by atoms with Gasteiger partial charge < -0.3 is 37.3 Å². The monoisotopic (exact) mass is 459 g/mol. The van der Waals surface area contributed by atoms with Crippen LogP contribution in [0.3, 0.4) is 0 Å². The standard InChI is InChI=1S/C18H42NO2Si.HI/c1-7-10-15-19(4,16-11-8-2)18(13-9-3)14-12-17-22(20-5)21-6;/h18,22H,7-17H2,1-6H3;1H/q+1;/p-1. The third-order valence-electron chi connectivity index (χ3n) is 5.05. The lowest BCUT2D eigenvalue weighted by Crippen LogP contribution is -3.00. The molecule has 0 radical (unpaired) electrons. The van der Waals surface area contributed by atoms with Crippen LogP contribution in [0.4, 0.5) is 0 Å². The van der Waals surface area contributed by atoms with Crippen LogP contribution >= 0.6 is 0 Å². The number of nitrogens with zero attached hydrogens (tertiary/aromatic N) is 1. The minimum Gasteiger partial charge on any atom is -1.00 e. The molecule has 3 nitrogen and oxygen atoms in total. The van der Waals surface area contributed by atoms with E-state index in [0.717, 1.165) is 12.1 Å². The molecular weight excluding hydrogens is 417 g/mol. The van der Waals surface area contributed by atoms with Crippen molar-refractivity contribution in [1.82, 2.24) is 0 Å². The molecule has 0 saturated carbocycles. The first-order chi connectivity index (χ1) is 10.6. The van der Waals surface area contributed by atoms with Gasteiger partial charge >= 0.3 is 9.28 Å². The van der Waals surface area contributed by atoms with Gasteiger partial charge in [0.1, 0.15) is 0 Å². The van der Waals surface area contributed by atoms with Gasteiger partial charge in [0.05, 0.1) is 26.2 Å². The minimum atomic E-state index is -1.38. The van der Waals surface area contributed by atoms with Crippen LogP contribution in [0.2, 0.25) is 6.04 Å². The Bertz CT molecular complexity index is 245. The fourth-order valence-corrected chi connectivity index (χ4v) is 4.70. The second-order valence-electron chi connectivity index (χ2n) is 6.91. The molecule has 0 heterocycles. The van der Waals surface area contributed by atoms with Crippen molar-refractivity contribution in [3.05, 3.63) is 0 Å². The average molecular weight is 460 g/mol. The molecule has 0 aromatic rings. The third-order valence-corrected chi connectivity index (χ3v) is 6.98. The molecular formula is C18H42INO2Si. The molecule has 0 fully saturated rings. The summed E-state index contributed by atoms with van der Waals surface area (Å²) in [6, 6.07) is 1.96. The molecule has 0 aromatic carbocycles. The van der Waals surface area contributed by atoms with Crippen LogP contribution in [-0.4, -0.2) is 54.2 Å². The Kier molecular flexibility index (Phi) is 18.5. The summed E-state index contributed by atoms with van der Waals surface area (Å²) in [5, 5.41) is 0. The molecule has 23 heavy (non-hydrogen) atoms. The van der Waals surface area contributed by atoms with E-state index in [-0.39, 0.29) is 24.0 Å². The van der Waals surface area contributed by atoms with Gasteiger partial charge in [-0.15, -0.1) is 0 Å². The SMILES string of the molecule is CCCC[N+](C)(CCCC)C(CCC)CCC[SiH](OC)OC.[I-]. The van der Waals surface area contributed by atoms with Gasteiger partial charge in [-0.2, -0.15) is 0 Å². The Hall–Kier alpha value is 0.827. The normalized spacial score (nSPS) is 13.2. The second kappa shape index (κ2) is 16.3. The van der Waals surface area contributed by atoms with E-state index in [2.05, 4.69) is 27.8 Å². The zero-order valence-corrected chi connectivity index (χ0v) is 19.9. The summed E-state index contributed by atoms with van der Waals surface area (Å²) in [7, 11) is 4.73. The number of rotatable bonds is 15. The van der Waals surface area contributed by atoms with Crippen LogP contribution in [0.25, 0.3) is 0 Å². The molecule has 0 aromatic heterocycles. The molecule has 1 unspecified atom stereocenters. The zero-order valence-electron chi connectivity index (χ0n) is 16.6. The largest absolute Gasteiger partial charge is 1.00 e. The summed E-state index contributed by atoms with van der Waals surface area (Å²) in [5.74, 6) is 0. The predicted octanol–water partition coefficient (Wildman–Crippen LogP) is 1.50. The topological polar surface area (TPSA) is 18.5 Å². The predicted molar refractivity (Wildman–Crippen MR) is 99.6 cm³/mol. The van der Waals surface area contributed by atoms with Crippen molar-refractivity contribution in [2.45, 2.75) is 84.2 Å². The molecule has 0 spiro atoms. The van der Waals surface area contributed by atoms with Gasteiger partial charge in [0.15, 0.2) is 0 Å². The van der Waals surface area contributed by atoms with Crippen molar-refractivity contribution >= 4 is 9.28 Å². The minimum absolute atomic E-state index is 0. The van der Waals surface area contributed by atoms with Gasteiger partial charge in [0.2, 0.25) is 0 Å². The highest BCUT2D eigenvalue weighted by Crippen LogP contribution is 2.24. The highest BCUT2D eigenvalue weighted by atomic mass is 127. The number of hydrogen-bond donors (Lipinski definition) is 0. The zero-order chi connectivity index (χ0) is 16.8. The fraction of sp³-hybridized carbons (Fsp3) is 1.00. The van der Waals surface area contributed by atoms with Crippen molar-refractivity contribution < 1.29 is 37.3 Å². The summed E-state index contributed by atoms with van der Waals surface area (Å²) >= 11 is 0. The second-order valence-corrected chi connectivity index (χ2v) is 9.29. The molecule has 0 rings (SSSR count). The van der Waals surface area contributed by atoms with E-state index in [1.807, 2.05) is 0 Å². The Morgan fingerprint density at radius 2 is 1.35 bits per heavy atom. The van der Waals surface area contributed by atoms with E-state index in [1.54, 1.807) is 14.2 Å². The quantitative estimate of drug-likeness (QED) is 0.210. The van der Waals surface area contributed by atoms with E-state index < -0.39 is 9.28 Å². The molecule has 0 amide bonds. The Morgan fingerprint density at radius 1 is 0.826 bits per heavy atom. The number of halogens is 1. The van der Waals surface area contributed by atoms with Crippen molar-refractivity contribution in [2.24, 2.45) is 0 Å². The fourth-order valence-electron chi connectivity index (χ4n) is 3.47. The Morgan fingerprint density at radius 3 is 1.74 bits per heavy atom. The van der Waals surface area contributed by atoms with Crippen LogP contribution in [0.1, 0.15) is 72.1 Å². The smallest absolute Gasteiger partial charge is 0.320 e. The summed E-state index contributed by atoms with van der Waals surface area (Å²) in [4.78, 5) is 0. The van der Waals surface area contributed by atoms with Crippen LogP contribution in [0, 0.1) is 0 Å². The molecule has 1 atom stereocenters. The summed E-state index contributed by atoms with van der Waals surface area (Å²) in [5.41, 5.74) is 0. The molecule has 0 saturated heterocycles. The van der Waals surface area contributed by atoms with Crippen LogP contribution in [0.5, 0.6) is 0 Å². The van der Waals surface area contributed by atoms with E-state index in [1.165, 1.54) is 68.9 Å². The van der Waals surface area contributed by atoms with Gasteiger partial charge in [-0.1, -0.05) is 40.0 Å². The van der Waals surface area contributed by atoms with E-state index in [0.29, 0.717) is 0 Å². The highest BCUT2D eigenvalue weighted by molar-refractivity contribution is 6.44. The average Bonchev–Trinajstić information content (AvgIpc) is 2.54. The molecule has 5 heteroatoms. The molecule has 142 valence electrons. The molecule has 0 aliphatic carbocycles. The van der Waals surface area contributed by atoms with Crippen LogP contribution in [-0.2, 0) is 8.85 Å². The lowest BCUT2D eigenvalue weighted by Gasteiger charge is -2.42. The van der Waals surface area contributed by atoms with Crippen molar-refractivity contribution in [3.8, 4) is 0 Å².